The lowest BCUT2D eigenvalue weighted by atomic mass is 10.4. The Hall–Kier alpha value is -1.82. The lowest BCUT2D eigenvalue weighted by molar-refractivity contribution is 0.584. The SMILES string of the molecule is Cc1ncnc(S(=O)(=O)c2ccccc2)n1. The minimum atomic E-state index is -3.62. The van der Waals surface area contributed by atoms with E-state index in [1.807, 2.05) is 0 Å². The summed E-state index contributed by atoms with van der Waals surface area (Å²) in [6, 6.07) is 8.07. The molecule has 0 atom stereocenters. The molecule has 0 N–H and O–H groups in total. The lowest BCUT2D eigenvalue weighted by Gasteiger charge is -2.02. The summed E-state index contributed by atoms with van der Waals surface area (Å²) in [5.74, 6) is 0.379. The van der Waals surface area contributed by atoms with Crippen molar-refractivity contribution in [2.75, 3.05) is 0 Å². The van der Waals surface area contributed by atoms with E-state index < -0.39 is 9.84 Å². The molecule has 0 radical (unpaired) electrons. The highest BCUT2D eigenvalue weighted by molar-refractivity contribution is 7.91. The van der Waals surface area contributed by atoms with Crippen molar-refractivity contribution in [3.8, 4) is 0 Å². The molecule has 0 bridgehead atoms. The maximum absolute atomic E-state index is 12.0. The molecule has 5 nitrogen and oxygen atoms in total. The minimum absolute atomic E-state index is 0.181. The van der Waals surface area contributed by atoms with Crippen LogP contribution in [0.5, 0.6) is 0 Å². The topological polar surface area (TPSA) is 72.8 Å². The number of hydrogen-bond acceptors (Lipinski definition) is 5. The van der Waals surface area contributed by atoms with Gasteiger partial charge in [0.1, 0.15) is 12.2 Å². The molecular weight excluding hydrogens is 226 g/mol. The molecule has 0 spiro atoms. The Kier molecular flexibility index (Phi) is 2.66. The summed E-state index contributed by atoms with van der Waals surface area (Å²) in [5.41, 5.74) is 0. The van der Waals surface area contributed by atoms with E-state index in [0.717, 1.165) is 0 Å². The van der Waals surface area contributed by atoms with Gasteiger partial charge in [-0.2, -0.15) is 0 Å². The zero-order valence-corrected chi connectivity index (χ0v) is 9.35. The predicted octanol–water partition coefficient (Wildman–Crippen LogP) is 1.01. The van der Waals surface area contributed by atoms with Gasteiger partial charge in [0.2, 0.25) is 9.84 Å². The predicted molar refractivity (Wildman–Crippen MR) is 56.5 cm³/mol. The quantitative estimate of drug-likeness (QED) is 0.776. The minimum Gasteiger partial charge on any atom is -0.222 e. The van der Waals surface area contributed by atoms with Crippen molar-refractivity contribution < 1.29 is 8.42 Å². The molecule has 2 rings (SSSR count). The van der Waals surface area contributed by atoms with Gasteiger partial charge in [-0.05, 0) is 19.1 Å². The number of benzene rings is 1. The Labute approximate surface area is 93.1 Å². The van der Waals surface area contributed by atoms with E-state index in [-0.39, 0.29) is 10.1 Å². The Morgan fingerprint density at radius 1 is 1.06 bits per heavy atom. The van der Waals surface area contributed by atoms with Crippen LogP contribution in [-0.2, 0) is 9.84 Å². The van der Waals surface area contributed by atoms with Crippen LogP contribution in [0.15, 0.2) is 46.7 Å². The maximum Gasteiger partial charge on any atom is 0.255 e. The fourth-order valence-corrected chi connectivity index (χ4v) is 2.36. The zero-order valence-electron chi connectivity index (χ0n) is 8.53. The van der Waals surface area contributed by atoms with Gasteiger partial charge in [-0.25, -0.2) is 23.4 Å². The number of aryl methyl sites for hydroxylation is 1. The maximum atomic E-state index is 12.0. The first kappa shape index (κ1) is 10.7. The normalized spacial score (nSPS) is 11.3. The molecule has 16 heavy (non-hydrogen) atoms. The smallest absolute Gasteiger partial charge is 0.222 e. The van der Waals surface area contributed by atoms with Crippen molar-refractivity contribution >= 4 is 9.84 Å². The average Bonchev–Trinajstić information content (AvgIpc) is 2.30. The summed E-state index contributed by atoms with van der Waals surface area (Å²) < 4.78 is 24.1. The lowest BCUT2D eigenvalue weighted by Crippen LogP contribution is -2.08. The molecule has 82 valence electrons. The first-order valence-corrected chi connectivity index (χ1v) is 6.05. The molecular formula is C10H9N3O2S. The summed E-state index contributed by atoms with van der Waals surface area (Å²) in [5, 5.41) is -0.216. The fraction of sp³-hybridized carbons (Fsp3) is 0.100. The second kappa shape index (κ2) is 3.97. The third-order valence-corrected chi connectivity index (χ3v) is 3.53. The Morgan fingerprint density at radius 3 is 2.38 bits per heavy atom. The van der Waals surface area contributed by atoms with Crippen LogP contribution >= 0.6 is 0 Å². The second-order valence-electron chi connectivity index (χ2n) is 3.13. The Bertz CT molecular complexity index is 596. The van der Waals surface area contributed by atoms with Gasteiger partial charge in [0, 0.05) is 0 Å². The summed E-state index contributed by atoms with van der Waals surface area (Å²) in [4.78, 5) is 11.4. The van der Waals surface area contributed by atoms with Crippen LogP contribution in [0.4, 0.5) is 0 Å². The fourth-order valence-electron chi connectivity index (χ4n) is 1.19. The van der Waals surface area contributed by atoms with Gasteiger partial charge in [-0.1, -0.05) is 18.2 Å². The monoisotopic (exact) mass is 235 g/mol. The first-order chi connectivity index (χ1) is 7.60. The molecule has 1 aromatic carbocycles. The van der Waals surface area contributed by atoms with Crippen LogP contribution in [0, 0.1) is 6.92 Å². The van der Waals surface area contributed by atoms with E-state index in [1.54, 1.807) is 25.1 Å². The van der Waals surface area contributed by atoms with E-state index in [9.17, 15) is 8.42 Å². The molecule has 0 fully saturated rings. The largest absolute Gasteiger partial charge is 0.255 e. The molecule has 0 aliphatic carbocycles. The van der Waals surface area contributed by atoms with Crippen molar-refractivity contribution in [3.05, 3.63) is 42.5 Å². The molecule has 0 amide bonds. The van der Waals surface area contributed by atoms with Gasteiger partial charge in [-0.3, -0.25) is 0 Å². The van der Waals surface area contributed by atoms with Gasteiger partial charge in [0.25, 0.3) is 5.16 Å². The molecule has 6 heteroatoms. The highest BCUT2D eigenvalue weighted by atomic mass is 32.2. The van der Waals surface area contributed by atoms with E-state index in [1.165, 1.54) is 18.5 Å². The zero-order chi connectivity index (χ0) is 11.6. The molecule has 0 aliphatic rings. The van der Waals surface area contributed by atoms with E-state index in [2.05, 4.69) is 15.0 Å². The number of sulfone groups is 1. The van der Waals surface area contributed by atoms with Gasteiger partial charge in [0.05, 0.1) is 4.90 Å². The molecule has 1 heterocycles. The van der Waals surface area contributed by atoms with Gasteiger partial charge >= 0.3 is 0 Å². The van der Waals surface area contributed by atoms with Crippen LogP contribution in [0.25, 0.3) is 0 Å². The Morgan fingerprint density at radius 2 is 1.75 bits per heavy atom. The van der Waals surface area contributed by atoms with Crippen LogP contribution in [0.1, 0.15) is 5.82 Å². The van der Waals surface area contributed by atoms with Gasteiger partial charge in [0.15, 0.2) is 0 Å². The van der Waals surface area contributed by atoms with E-state index >= 15 is 0 Å². The summed E-state index contributed by atoms with van der Waals surface area (Å²) in [6.45, 7) is 1.62. The second-order valence-corrected chi connectivity index (χ2v) is 4.98. The highest BCUT2D eigenvalue weighted by Crippen LogP contribution is 2.15. The van der Waals surface area contributed by atoms with Crippen molar-refractivity contribution in [2.45, 2.75) is 17.0 Å². The molecule has 1 aromatic heterocycles. The van der Waals surface area contributed by atoms with Crippen molar-refractivity contribution in [1.29, 1.82) is 0 Å². The molecule has 0 saturated heterocycles. The molecule has 0 saturated carbocycles. The van der Waals surface area contributed by atoms with Crippen molar-refractivity contribution in [3.63, 3.8) is 0 Å². The van der Waals surface area contributed by atoms with Crippen molar-refractivity contribution in [1.82, 2.24) is 15.0 Å². The van der Waals surface area contributed by atoms with Crippen LogP contribution in [0.2, 0.25) is 0 Å². The summed E-state index contributed by atoms with van der Waals surface area (Å²) in [6.07, 6.45) is 1.19. The Balaban J connectivity index is 2.56. The number of aromatic nitrogens is 3. The first-order valence-electron chi connectivity index (χ1n) is 4.56. The molecule has 0 aliphatic heterocycles. The van der Waals surface area contributed by atoms with Crippen molar-refractivity contribution in [2.24, 2.45) is 0 Å². The molecule has 2 aromatic rings. The number of nitrogens with zero attached hydrogens (tertiary/aromatic N) is 3. The van der Waals surface area contributed by atoms with E-state index in [4.69, 9.17) is 0 Å². The van der Waals surface area contributed by atoms with Gasteiger partial charge in [-0.15, -0.1) is 0 Å². The van der Waals surface area contributed by atoms with Crippen LogP contribution < -0.4 is 0 Å². The van der Waals surface area contributed by atoms with Crippen LogP contribution in [-0.4, -0.2) is 23.4 Å². The van der Waals surface area contributed by atoms with Gasteiger partial charge < -0.3 is 0 Å². The van der Waals surface area contributed by atoms with E-state index in [0.29, 0.717) is 5.82 Å². The van der Waals surface area contributed by atoms with Crippen LogP contribution in [0.3, 0.4) is 0 Å². The average molecular weight is 235 g/mol. The summed E-state index contributed by atoms with van der Waals surface area (Å²) >= 11 is 0. The summed E-state index contributed by atoms with van der Waals surface area (Å²) in [7, 11) is -3.62. The third kappa shape index (κ3) is 1.92. The third-order valence-electron chi connectivity index (χ3n) is 1.96. The standard InChI is InChI=1S/C10H9N3O2S/c1-8-11-7-12-10(13-8)16(14,15)9-5-3-2-4-6-9/h2-7H,1H3. The number of rotatable bonds is 2. The highest BCUT2D eigenvalue weighted by Gasteiger charge is 2.20. The molecule has 0 unspecified atom stereocenters. The number of hydrogen-bond donors (Lipinski definition) is 0.